The number of aryl methyl sites for hydroxylation is 2. The van der Waals surface area contributed by atoms with Crippen LogP contribution in [-0.2, 0) is 0 Å². The molecule has 3 rings (SSSR count). The van der Waals surface area contributed by atoms with Gasteiger partial charge in [-0.1, -0.05) is 23.8 Å². The molecule has 0 saturated heterocycles. The normalized spacial score (nSPS) is 15.6. The fourth-order valence-electron chi connectivity index (χ4n) is 2.70. The predicted octanol–water partition coefficient (Wildman–Crippen LogP) is 1.98. The molecule has 2 aromatic rings. The molecule has 0 radical (unpaired) electrons. The van der Waals surface area contributed by atoms with E-state index in [1.54, 1.807) is 0 Å². The van der Waals surface area contributed by atoms with Crippen molar-refractivity contribution in [3.63, 3.8) is 0 Å². The molecular weight excluding hydrogens is 278 g/mol. The van der Waals surface area contributed by atoms with Crippen molar-refractivity contribution in [2.75, 3.05) is 26.2 Å². The lowest BCUT2D eigenvalue weighted by Crippen LogP contribution is -2.33. The second-order valence-corrected chi connectivity index (χ2v) is 5.65. The van der Waals surface area contributed by atoms with Gasteiger partial charge in [0.15, 0.2) is 0 Å². The highest BCUT2D eigenvalue weighted by Gasteiger charge is 2.16. The van der Waals surface area contributed by atoms with Crippen LogP contribution in [0.4, 0.5) is 0 Å². The Morgan fingerprint density at radius 3 is 3.00 bits per heavy atom. The Labute approximate surface area is 130 Å². The third kappa shape index (κ3) is 3.51. The number of nitrogens with zero attached hydrogens (tertiary/aromatic N) is 4. The number of aromatic amines is 1. The van der Waals surface area contributed by atoms with E-state index < -0.39 is 0 Å². The predicted molar refractivity (Wildman–Crippen MR) is 84.6 cm³/mol. The number of benzene rings is 1. The van der Waals surface area contributed by atoms with Crippen LogP contribution in [0.15, 0.2) is 24.3 Å². The van der Waals surface area contributed by atoms with Crippen molar-refractivity contribution in [2.45, 2.75) is 20.3 Å². The van der Waals surface area contributed by atoms with E-state index in [4.69, 9.17) is 4.74 Å². The summed E-state index contributed by atoms with van der Waals surface area (Å²) >= 11 is 0. The van der Waals surface area contributed by atoms with Gasteiger partial charge in [-0.25, -0.2) is 0 Å². The van der Waals surface area contributed by atoms with Crippen molar-refractivity contribution in [2.24, 2.45) is 0 Å². The van der Waals surface area contributed by atoms with E-state index in [2.05, 4.69) is 57.6 Å². The van der Waals surface area contributed by atoms with E-state index in [1.165, 1.54) is 11.1 Å². The van der Waals surface area contributed by atoms with E-state index in [0.29, 0.717) is 12.4 Å². The SMILES string of the molecule is Cc1ccc(OCCN2CCC=C(c3nn[nH]n3)C2)c(C)c1. The van der Waals surface area contributed by atoms with Gasteiger partial charge in [-0.05, 0) is 37.1 Å². The molecule has 116 valence electrons. The maximum Gasteiger partial charge on any atom is 0.201 e. The molecule has 1 aliphatic rings. The highest BCUT2D eigenvalue weighted by Crippen LogP contribution is 2.19. The summed E-state index contributed by atoms with van der Waals surface area (Å²) in [6.07, 6.45) is 3.19. The van der Waals surface area contributed by atoms with Gasteiger partial charge in [0.2, 0.25) is 5.82 Å². The molecule has 0 atom stereocenters. The van der Waals surface area contributed by atoms with Gasteiger partial charge in [-0.2, -0.15) is 5.21 Å². The Hall–Kier alpha value is -2.21. The van der Waals surface area contributed by atoms with Crippen LogP contribution in [-0.4, -0.2) is 51.8 Å². The summed E-state index contributed by atoms with van der Waals surface area (Å²) in [4.78, 5) is 2.36. The zero-order chi connectivity index (χ0) is 15.4. The summed E-state index contributed by atoms with van der Waals surface area (Å²) in [7, 11) is 0. The number of aromatic nitrogens is 4. The fraction of sp³-hybridized carbons (Fsp3) is 0.438. The van der Waals surface area contributed by atoms with Crippen LogP contribution < -0.4 is 4.74 Å². The lowest BCUT2D eigenvalue weighted by Gasteiger charge is -2.26. The maximum absolute atomic E-state index is 5.91. The van der Waals surface area contributed by atoms with Gasteiger partial charge in [0.05, 0.1) is 0 Å². The molecule has 1 aliphatic heterocycles. The summed E-state index contributed by atoms with van der Waals surface area (Å²) in [6, 6.07) is 6.28. The first kappa shape index (κ1) is 14.7. The molecule has 1 N–H and O–H groups in total. The number of ether oxygens (including phenoxy) is 1. The lowest BCUT2D eigenvalue weighted by molar-refractivity contribution is 0.222. The molecular formula is C16H21N5O. The third-order valence-corrected chi connectivity index (χ3v) is 3.86. The molecule has 6 nitrogen and oxygen atoms in total. The average molecular weight is 299 g/mol. The van der Waals surface area contributed by atoms with E-state index in [0.717, 1.165) is 37.4 Å². The molecule has 0 amide bonds. The van der Waals surface area contributed by atoms with Crippen LogP contribution in [0.5, 0.6) is 5.75 Å². The molecule has 0 saturated carbocycles. The highest BCUT2D eigenvalue weighted by atomic mass is 16.5. The number of tetrazole rings is 1. The molecule has 1 aromatic heterocycles. The van der Waals surface area contributed by atoms with Crippen molar-refractivity contribution in [1.82, 2.24) is 25.5 Å². The van der Waals surface area contributed by atoms with Crippen molar-refractivity contribution < 1.29 is 4.74 Å². The summed E-state index contributed by atoms with van der Waals surface area (Å²) in [5.74, 6) is 1.66. The molecule has 0 fully saturated rings. The third-order valence-electron chi connectivity index (χ3n) is 3.86. The smallest absolute Gasteiger partial charge is 0.201 e. The Balaban J connectivity index is 1.51. The molecule has 0 aliphatic carbocycles. The summed E-state index contributed by atoms with van der Waals surface area (Å²) in [6.45, 7) is 7.63. The minimum Gasteiger partial charge on any atom is -0.492 e. The Morgan fingerprint density at radius 2 is 2.23 bits per heavy atom. The second kappa shape index (κ2) is 6.70. The molecule has 1 aromatic carbocycles. The zero-order valence-electron chi connectivity index (χ0n) is 13.0. The van der Waals surface area contributed by atoms with Crippen LogP contribution in [0.3, 0.4) is 0 Å². The highest BCUT2D eigenvalue weighted by molar-refractivity contribution is 5.61. The van der Waals surface area contributed by atoms with Gasteiger partial charge >= 0.3 is 0 Å². The van der Waals surface area contributed by atoms with Crippen LogP contribution in [0.1, 0.15) is 23.4 Å². The Bertz CT molecular complexity index is 651. The molecule has 0 bridgehead atoms. The maximum atomic E-state index is 5.91. The van der Waals surface area contributed by atoms with Gasteiger partial charge in [-0.3, -0.25) is 4.90 Å². The second-order valence-electron chi connectivity index (χ2n) is 5.65. The van der Waals surface area contributed by atoms with E-state index in [1.807, 2.05) is 6.07 Å². The number of rotatable bonds is 5. The van der Waals surface area contributed by atoms with Gasteiger partial charge in [-0.15, -0.1) is 10.2 Å². The van der Waals surface area contributed by atoms with Gasteiger partial charge in [0.25, 0.3) is 0 Å². The van der Waals surface area contributed by atoms with E-state index in [-0.39, 0.29) is 0 Å². The topological polar surface area (TPSA) is 66.9 Å². The van der Waals surface area contributed by atoms with Gasteiger partial charge in [0, 0.05) is 25.2 Å². The average Bonchev–Trinajstić information content (AvgIpc) is 3.04. The number of nitrogens with one attached hydrogen (secondary N) is 1. The summed E-state index contributed by atoms with van der Waals surface area (Å²) in [5, 5.41) is 14.2. The standard InChI is InChI=1S/C16H21N5O/c1-12-5-6-15(13(2)10-12)22-9-8-21-7-3-4-14(11-21)16-17-19-20-18-16/h4-6,10H,3,7-9,11H2,1-2H3,(H,17,18,19,20). The van der Waals surface area contributed by atoms with Crippen LogP contribution in [0.25, 0.3) is 5.57 Å². The lowest BCUT2D eigenvalue weighted by atomic mass is 10.1. The molecule has 6 heteroatoms. The van der Waals surface area contributed by atoms with Crippen molar-refractivity contribution in [3.8, 4) is 5.75 Å². The first-order valence-electron chi connectivity index (χ1n) is 7.57. The zero-order valence-corrected chi connectivity index (χ0v) is 13.0. The van der Waals surface area contributed by atoms with E-state index >= 15 is 0 Å². The monoisotopic (exact) mass is 299 g/mol. The van der Waals surface area contributed by atoms with Crippen LogP contribution >= 0.6 is 0 Å². The van der Waals surface area contributed by atoms with Crippen LogP contribution in [0.2, 0.25) is 0 Å². The van der Waals surface area contributed by atoms with Crippen LogP contribution in [0, 0.1) is 13.8 Å². The number of H-pyrrole nitrogens is 1. The van der Waals surface area contributed by atoms with Gasteiger partial charge in [0.1, 0.15) is 12.4 Å². The molecule has 2 heterocycles. The molecule has 22 heavy (non-hydrogen) atoms. The number of hydrogen-bond donors (Lipinski definition) is 1. The van der Waals surface area contributed by atoms with Crippen molar-refractivity contribution >= 4 is 5.57 Å². The van der Waals surface area contributed by atoms with E-state index in [9.17, 15) is 0 Å². The first-order valence-corrected chi connectivity index (χ1v) is 7.57. The largest absolute Gasteiger partial charge is 0.492 e. The Morgan fingerprint density at radius 1 is 1.32 bits per heavy atom. The fourth-order valence-corrected chi connectivity index (χ4v) is 2.70. The first-order chi connectivity index (χ1) is 10.7. The number of hydrogen-bond acceptors (Lipinski definition) is 5. The Kier molecular flexibility index (Phi) is 4.48. The molecule has 0 spiro atoms. The molecule has 0 unspecified atom stereocenters. The van der Waals surface area contributed by atoms with Crippen molar-refractivity contribution in [3.05, 3.63) is 41.2 Å². The van der Waals surface area contributed by atoms with Gasteiger partial charge < -0.3 is 4.74 Å². The summed E-state index contributed by atoms with van der Waals surface area (Å²) < 4.78 is 5.91. The quantitative estimate of drug-likeness (QED) is 0.914. The minimum absolute atomic E-state index is 0.684. The minimum atomic E-state index is 0.684. The van der Waals surface area contributed by atoms with Crippen molar-refractivity contribution in [1.29, 1.82) is 0 Å². The summed E-state index contributed by atoms with van der Waals surface area (Å²) in [5.41, 5.74) is 3.58.